The van der Waals surface area contributed by atoms with Crippen molar-refractivity contribution in [3.63, 3.8) is 0 Å². The van der Waals surface area contributed by atoms with Crippen LogP contribution in [0.1, 0.15) is 47.5 Å². The molecule has 0 spiro atoms. The molecule has 1 rings (SSSR count). The van der Waals surface area contributed by atoms with Crippen LogP contribution in [0.15, 0.2) is 0 Å². The van der Waals surface area contributed by atoms with Crippen LogP contribution in [0, 0.1) is 23.7 Å². The van der Waals surface area contributed by atoms with E-state index in [2.05, 4.69) is 45.3 Å². The van der Waals surface area contributed by atoms with E-state index in [-0.39, 0.29) is 0 Å². The Morgan fingerprint density at radius 1 is 1.18 bits per heavy atom. The zero-order valence-corrected chi connectivity index (χ0v) is 12.4. The Balaban J connectivity index is 2.21. The van der Waals surface area contributed by atoms with Crippen LogP contribution < -0.4 is 10.6 Å². The van der Waals surface area contributed by atoms with E-state index in [4.69, 9.17) is 0 Å². The lowest BCUT2D eigenvalue weighted by Crippen LogP contribution is -2.45. The standard InChI is InChI=1S/C15H32N2/c1-11(2)15(12(3)4)10-16-9-14-8-13(5)6-7-17-14/h11-17H,6-10H2,1-5H3. The van der Waals surface area contributed by atoms with Gasteiger partial charge in [-0.25, -0.2) is 0 Å². The Morgan fingerprint density at radius 2 is 1.82 bits per heavy atom. The van der Waals surface area contributed by atoms with Gasteiger partial charge < -0.3 is 10.6 Å². The van der Waals surface area contributed by atoms with Gasteiger partial charge >= 0.3 is 0 Å². The summed E-state index contributed by atoms with van der Waals surface area (Å²) in [5.74, 6) is 3.26. The van der Waals surface area contributed by atoms with Gasteiger partial charge in [0.25, 0.3) is 0 Å². The predicted octanol–water partition coefficient (Wildman–Crippen LogP) is 2.89. The quantitative estimate of drug-likeness (QED) is 0.746. The lowest BCUT2D eigenvalue weighted by Gasteiger charge is -2.30. The summed E-state index contributed by atoms with van der Waals surface area (Å²) in [5, 5.41) is 7.30. The molecule has 0 aliphatic carbocycles. The average molecular weight is 240 g/mol. The van der Waals surface area contributed by atoms with Gasteiger partial charge in [-0.15, -0.1) is 0 Å². The number of rotatable bonds is 6. The van der Waals surface area contributed by atoms with Crippen molar-refractivity contribution in [1.82, 2.24) is 10.6 Å². The van der Waals surface area contributed by atoms with E-state index in [9.17, 15) is 0 Å². The van der Waals surface area contributed by atoms with Gasteiger partial charge in [-0.1, -0.05) is 34.6 Å². The van der Waals surface area contributed by atoms with Gasteiger partial charge in [0.05, 0.1) is 0 Å². The second-order valence-electron chi connectivity index (χ2n) is 6.59. The van der Waals surface area contributed by atoms with Crippen LogP contribution in [-0.2, 0) is 0 Å². The van der Waals surface area contributed by atoms with Crippen LogP contribution in [-0.4, -0.2) is 25.7 Å². The largest absolute Gasteiger partial charge is 0.315 e. The van der Waals surface area contributed by atoms with Crippen molar-refractivity contribution in [2.24, 2.45) is 23.7 Å². The first-order chi connectivity index (χ1) is 8.00. The van der Waals surface area contributed by atoms with Crippen LogP contribution in [0.4, 0.5) is 0 Å². The van der Waals surface area contributed by atoms with Gasteiger partial charge in [-0.3, -0.25) is 0 Å². The second-order valence-corrected chi connectivity index (χ2v) is 6.59. The zero-order valence-electron chi connectivity index (χ0n) is 12.4. The van der Waals surface area contributed by atoms with Crippen molar-refractivity contribution in [3.05, 3.63) is 0 Å². The molecule has 0 aromatic carbocycles. The fourth-order valence-electron chi connectivity index (χ4n) is 3.04. The van der Waals surface area contributed by atoms with Gasteiger partial charge in [-0.2, -0.15) is 0 Å². The summed E-state index contributed by atoms with van der Waals surface area (Å²) in [5.41, 5.74) is 0. The number of hydrogen-bond acceptors (Lipinski definition) is 2. The highest BCUT2D eigenvalue weighted by molar-refractivity contribution is 4.79. The summed E-state index contributed by atoms with van der Waals surface area (Å²) in [4.78, 5) is 0. The SMILES string of the molecule is CC1CCNC(CNCC(C(C)C)C(C)C)C1. The fourth-order valence-corrected chi connectivity index (χ4v) is 3.04. The van der Waals surface area contributed by atoms with E-state index in [1.54, 1.807) is 0 Å². The van der Waals surface area contributed by atoms with Crippen LogP contribution in [0.2, 0.25) is 0 Å². The molecule has 17 heavy (non-hydrogen) atoms. The van der Waals surface area contributed by atoms with E-state index >= 15 is 0 Å². The summed E-state index contributed by atoms with van der Waals surface area (Å²) in [7, 11) is 0. The molecular weight excluding hydrogens is 208 g/mol. The minimum Gasteiger partial charge on any atom is -0.315 e. The first kappa shape index (κ1) is 15.0. The van der Waals surface area contributed by atoms with Gasteiger partial charge in [0.15, 0.2) is 0 Å². The average Bonchev–Trinajstić information content (AvgIpc) is 2.23. The highest BCUT2D eigenvalue weighted by atomic mass is 15.0. The van der Waals surface area contributed by atoms with Crippen molar-refractivity contribution >= 4 is 0 Å². The monoisotopic (exact) mass is 240 g/mol. The van der Waals surface area contributed by atoms with Crippen molar-refractivity contribution in [2.45, 2.75) is 53.5 Å². The molecule has 0 bridgehead atoms. The Labute approximate surface area is 108 Å². The molecule has 1 saturated heterocycles. The predicted molar refractivity (Wildman–Crippen MR) is 76.2 cm³/mol. The molecule has 1 aliphatic heterocycles. The van der Waals surface area contributed by atoms with E-state index in [0.717, 1.165) is 30.2 Å². The van der Waals surface area contributed by atoms with Gasteiger partial charge in [-0.05, 0) is 49.6 Å². The molecule has 102 valence electrons. The topological polar surface area (TPSA) is 24.1 Å². The fraction of sp³-hybridized carbons (Fsp3) is 1.00. The van der Waals surface area contributed by atoms with Crippen molar-refractivity contribution in [1.29, 1.82) is 0 Å². The number of piperidine rings is 1. The van der Waals surface area contributed by atoms with Crippen molar-refractivity contribution in [3.8, 4) is 0 Å². The number of hydrogen-bond donors (Lipinski definition) is 2. The summed E-state index contributed by atoms with van der Waals surface area (Å²) < 4.78 is 0. The molecule has 2 atom stereocenters. The molecule has 2 unspecified atom stereocenters. The number of nitrogens with one attached hydrogen (secondary N) is 2. The highest BCUT2D eigenvalue weighted by Gasteiger charge is 2.20. The van der Waals surface area contributed by atoms with Crippen LogP contribution >= 0.6 is 0 Å². The molecule has 0 radical (unpaired) electrons. The molecule has 1 fully saturated rings. The lowest BCUT2D eigenvalue weighted by molar-refractivity contribution is 0.259. The van der Waals surface area contributed by atoms with Crippen molar-refractivity contribution < 1.29 is 0 Å². The van der Waals surface area contributed by atoms with E-state index in [0.29, 0.717) is 6.04 Å². The minimum absolute atomic E-state index is 0.693. The van der Waals surface area contributed by atoms with E-state index in [1.165, 1.54) is 25.9 Å². The molecule has 2 N–H and O–H groups in total. The first-order valence-corrected chi connectivity index (χ1v) is 7.44. The molecular formula is C15H32N2. The summed E-state index contributed by atoms with van der Waals surface area (Å²) >= 11 is 0. The Kier molecular flexibility index (Phi) is 6.50. The van der Waals surface area contributed by atoms with Crippen LogP contribution in [0.3, 0.4) is 0 Å². The third-order valence-electron chi connectivity index (χ3n) is 4.24. The Bertz CT molecular complexity index is 193. The maximum Gasteiger partial charge on any atom is 0.0195 e. The van der Waals surface area contributed by atoms with E-state index in [1.807, 2.05) is 0 Å². The third kappa shape index (κ3) is 5.39. The summed E-state index contributed by atoms with van der Waals surface area (Å²) in [6.45, 7) is 15.2. The summed E-state index contributed by atoms with van der Waals surface area (Å²) in [6, 6.07) is 0.693. The normalized spacial score (nSPS) is 26.1. The minimum atomic E-state index is 0.693. The zero-order chi connectivity index (χ0) is 12.8. The molecule has 2 heteroatoms. The second kappa shape index (κ2) is 7.38. The van der Waals surface area contributed by atoms with Gasteiger partial charge in [0, 0.05) is 12.6 Å². The Morgan fingerprint density at radius 3 is 2.35 bits per heavy atom. The summed E-state index contributed by atoms with van der Waals surface area (Å²) in [6.07, 6.45) is 2.68. The molecule has 2 nitrogen and oxygen atoms in total. The third-order valence-corrected chi connectivity index (χ3v) is 4.24. The Hall–Kier alpha value is -0.0800. The maximum atomic E-state index is 3.68. The van der Waals surface area contributed by atoms with Gasteiger partial charge in [0.2, 0.25) is 0 Å². The maximum absolute atomic E-state index is 3.68. The molecule has 1 heterocycles. The molecule has 1 aliphatic rings. The highest BCUT2D eigenvalue weighted by Crippen LogP contribution is 2.19. The van der Waals surface area contributed by atoms with Crippen LogP contribution in [0.5, 0.6) is 0 Å². The molecule has 0 aromatic heterocycles. The van der Waals surface area contributed by atoms with Crippen molar-refractivity contribution in [2.75, 3.05) is 19.6 Å². The van der Waals surface area contributed by atoms with Gasteiger partial charge in [0.1, 0.15) is 0 Å². The molecule has 0 amide bonds. The van der Waals surface area contributed by atoms with Crippen LogP contribution in [0.25, 0.3) is 0 Å². The first-order valence-electron chi connectivity index (χ1n) is 7.44. The smallest absolute Gasteiger partial charge is 0.0195 e. The molecule has 0 aromatic rings. The lowest BCUT2D eigenvalue weighted by atomic mass is 9.85. The molecule has 0 saturated carbocycles. The van der Waals surface area contributed by atoms with E-state index < -0.39 is 0 Å².